The average molecular weight is 717 g/mol. The van der Waals surface area contributed by atoms with Gasteiger partial charge in [-0.2, -0.15) is 0 Å². The summed E-state index contributed by atoms with van der Waals surface area (Å²) in [6.07, 6.45) is 3.54. The van der Waals surface area contributed by atoms with Crippen LogP contribution in [0.15, 0.2) is 48.8 Å². The molecule has 3 heterocycles. The van der Waals surface area contributed by atoms with Crippen LogP contribution in [-0.4, -0.2) is 165 Å². The number of imide groups is 1. The molecule has 1 aliphatic rings. The molecule has 0 atom stereocenters. The van der Waals surface area contributed by atoms with Crippen LogP contribution in [0, 0.1) is 0 Å². The summed E-state index contributed by atoms with van der Waals surface area (Å²) >= 11 is 0. The van der Waals surface area contributed by atoms with Gasteiger partial charge >= 0.3 is 52.7 Å². The van der Waals surface area contributed by atoms with Gasteiger partial charge in [-0.25, -0.2) is 4.79 Å². The molecule has 1 saturated heterocycles. The topological polar surface area (TPSA) is 368 Å². The molecule has 0 aromatic carbocycles. The van der Waals surface area contributed by atoms with Crippen molar-refractivity contribution >= 4 is 30.8 Å². The fourth-order valence-corrected chi connectivity index (χ4v) is 2.53. The van der Waals surface area contributed by atoms with Crippen LogP contribution in [0.2, 0.25) is 0 Å². The van der Waals surface area contributed by atoms with Gasteiger partial charge in [0.25, 0.3) is 0 Å². The number of hydrogen-bond acceptors (Lipinski definition) is 12. The van der Waals surface area contributed by atoms with Gasteiger partial charge in [-0.15, -0.1) is 0 Å². The van der Waals surface area contributed by atoms with E-state index in [4.69, 9.17) is 32.8 Å². The number of nitrogens with zero attached hydrogens (tertiary/aromatic N) is 5. The first-order valence-electron chi connectivity index (χ1n) is 10.5. The Morgan fingerprint density at radius 2 is 1.11 bits per heavy atom. The van der Waals surface area contributed by atoms with Crippen molar-refractivity contribution in [2.45, 2.75) is 0 Å². The van der Waals surface area contributed by atoms with Crippen LogP contribution in [0.3, 0.4) is 0 Å². The number of likely N-dealkylation sites (N-methyl/N-ethyl adjacent to an activating group) is 2. The molecule has 3 amide bonds. The van der Waals surface area contributed by atoms with Crippen molar-refractivity contribution in [3.05, 3.63) is 48.8 Å². The van der Waals surface area contributed by atoms with E-state index in [0.29, 0.717) is 19.6 Å². The van der Waals surface area contributed by atoms with Gasteiger partial charge in [0.1, 0.15) is 6.54 Å². The standard InChI is InChI=1S/C10H8N2.C6H15NO3.C5H8N2O2.B.Cu.Na.H2O4S.5H2O/c1-3-7-11-9(5-1)10-6-2-4-8-12-10;8-4-1-7(2-5-9)3-6-10;1-6-3-4(8)7(2)5(6)9;;;;1-5(2,3)4;;;;;/h1-8H;8-10H,1-6H2;3H2,1-2H3;;;;(H2,1,2,3,4);5*1H2/q;;;-1;+2;+1;;;;;;/p-2. The largest absolute Gasteiger partial charge is 2.00 e. The normalized spacial score (nSPS) is 10.5. The van der Waals surface area contributed by atoms with Crippen LogP contribution in [0.25, 0.3) is 11.4 Å². The third-order valence-corrected chi connectivity index (χ3v) is 4.20. The van der Waals surface area contributed by atoms with Gasteiger partial charge in [0.05, 0.1) is 31.2 Å². The summed E-state index contributed by atoms with van der Waals surface area (Å²) in [5.41, 5.74) is 1.83. The number of amides is 3. The maximum Gasteiger partial charge on any atom is 2.00 e. The number of aromatic nitrogens is 2. The van der Waals surface area contributed by atoms with Crippen LogP contribution in [0.1, 0.15) is 0 Å². The monoisotopic (exact) mass is 716 g/mol. The summed E-state index contributed by atoms with van der Waals surface area (Å²) in [7, 11) is -2.09. The summed E-state index contributed by atoms with van der Waals surface area (Å²) in [5, 5.41) is 25.5. The van der Waals surface area contributed by atoms with Crippen LogP contribution >= 0.6 is 0 Å². The number of rotatable bonds is 7. The molecule has 0 saturated carbocycles. The molecule has 3 rings (SSSR count). The molecule has 1 fully saturated rings. The quantitative estimate of drug-likeness (QED) is 0.104. The van der Waals surface area contributed by atoms with Crippen molar-refractivity contribution < 1.29 is 116 Å². The maximum atomic E-state index is 10.7. The van der Waals surface area contributed by atoms with E-state index in [9.17, 15) is 9.59 Å². The van der Waals surface area contributed by atoms with Crippen molar-refractivity contribution in [1.82, 2.24) is 24.7 Å². The molecule has 5 radical (unpaired) electrons. The Morgan fingerprint density at radius 1 is 0.795 bits per heavy atom. The second-order valence-corrected chi connectivity index (χ2v) is 7.76. The number of carbonyl (C=O) groups is 2. The Kier molecular flexibility index (Phi) is 55.5. The van der Waals surface area contributed by atoms with Gasteiger partial charge in [-0.05, 0) is 24.3 Å². The first-order chi connectivity index (χ1) is 16.9. The zero-order valence-electron chi connectivity index (χ0n) is 24.4. The van der Waals surface area contributed by atoms with E-state index in [2.05, 4.69) is 9.97 Å². The van der Waals surface area contributed by atoms with Gasteiger partial charge in [0.2, 0.25) is 5.91 Å². The SMILES string of the molecule is CN1CC(=O)N(C)C1=O.O.O.O.O.O.O=S(=O)([O-])[O-].OCCN(CCO)CCO.[B-].[Cu+2].[Na+].c1ccc(-c2ccccn2)nc1. The van der Waals surface area contributed by atoms with Crippen LogP contribution in [0.5, 0.6) is 0 Å². The number of carbonyl (C=O) groups excluding carboxylic acids is 2. The molecule has 44 heavy (non-hydrogen) atoms. The predicted molar refractivity (Wildman–Crippen MR) is 150 cm³/mol. The van der Waals surface area contributed by atoms with Crippen LogP contribution in [-0.2, 0) is 32.3 Å². The number of aliphatic hydroxyl groups is 3. The number of pyridine rings is 2. The fourth-order valence-electron chi connectivity index (χ4n) is 2.53. The second-order valence-electron chi connectivity index (χ2n) is 6.94. The fraction of sp³-hybridized carbons (Fsp3) is 0.429. The van der Waals surface area contributed by atoms with E-state index in [1.165, 1.54) is 11.9 Å². The Bertz CT molecular complexity index is 951. The Morgan fingerprint density at radius 3 is 1.27 bits per heavy atom. The zero-order valence-corrected chi connectivity index (χ0v) is 28.1. The molecule has 0 aliphatic carbocycles. The van der Waals surface area contributed by atoms with E-state index in [0.717, 1.165) is 16.3 Å². The smallest absolute Gasteiger partial charge is 1.00 e. The minimum absolute atomic E-state index is 0. The number of aliphatic hydroxyl groups excluding tert-OH is 3. The molecule has 23 heteroatoms. The van der Waals surface area contributed by atoms with Crippen molar-refractivity contribution in [3.8, 4) is 11.4 Å². The van der Waals surface area contributed by atoms with Crippen LogP contribution < -0.4 is 29.6 Å². The first kappa shape index (κ1) is 65.1. The van der Waals surface area contributed by atoms with Crippen molar-refractivity contribution in [2.75, 3.05) is 60.1 Å². The van der Waals surface area contributed by atoms with Gasteiger partial charge in [-0.3, -0.25) is 33.0 Å². The molecule has 2 aromatic rings. The van der Waals surface area contributed by atoms with Crippen LogP contribution in [0.4, 0.5) is 4.79 Å². The third-order valence-electron chi connectivity index (χ3n) is 4.20. The molecule has 0 unspecified atom stereocenters. The molecular formula is C21H41BCuN5NaO14S. The van der Waals surface area contributed by atoms with E-state index >= 15 is 0 Å². The summed E-state index contributed by atoms with van der Waals surface area (Å²) < 4.78 is 34.1. The van der Waals surface area contributed by atoms with Crippen molar-refractivity contribution in [1.29, 1.82) is 0 Å². The van der Waals surface area contributed by atoms with Gasteiger partial charge in [0, 0.05) is 56.5 Å². The molecule has 1 aliphatic heterocycles. The zero-order chi connectivity index (χ0) is 27.6. The Labute approximate surface area is 290 Å². The predicted octanol–water partition coefficient (Wildman–Crippen LogP) is -8.92. The third kappa shape index (κ3) is 33.2. The maximum absolute atomic E-state index is 10.7. The Hall–Kier alpha value is -1.67. The van der Waals surface area contributed by atoms with Crippen molar-refractivity contribution in [2.24, 2.45) is 0 Å². The molecule has 2 aromatic heterocycles. The Balaban J connectivity index is -0.0000000515. The van der Waals surface area contributed by atoms with E-state index in [-0.39, 0.29) is 121 Å². The number of hydrogen-bond donors (Lipinski definition) is 3. The molecule has 0 bridgehead atoms. The van der Waals surface area contributed by atoms with E-state index in [1.54, 1.807) is 24.3 Å². The number of urea groups is 1. The summed E-state index contributed by atoms with van der Waals surface area (Å²) in [5.74, 6) is -0.137. The van der Waals surface area contributed by atoms with E-state index in [1.807, 2.05) is 36.4 Å². The summed E-state index contributed by atoms with van der Waals surface area (Å²) in [4.78, 5) is 34.1. The molecular weight excluding hydrogens is 676 g/mol. The van der Waals surface area contributed by atoms with Gasteiger partial charge < -0.3 is 65.1 Å². The summed E-state index contributed by atoms with van der Waals surface area (Å²) in [6, 6.07) is 11.4. The second kappa shape index (κ2) is 37.5. The average Bonchev–Trinajstić information content (AvgIpc) is 3.06. The minimum Gasteiger partial charge on any atom is -1.00 e. The summed E-state index contributed by atoms with van der Waals surface area (Å²) in [6.45, 7) is 1.97. The van der Waals surface area contributed by atoms with Gasteiger partial charge in [0.15, 0.2) is 0 Å². The first-order valence-corrected chi connectivity index (χ1v) is 11.8. The molecule has 0 spiro atoms. The molecule has 19 nitrogen and oxygen atoms in total. The van der Waals surface area contributed by atoms with E-state index < -0.39 is 10.4 Å². The minimum atomic E-state index is -5.17. The van der Waals surface area contributed by atoms with Gasteiger partial charge in [-0.1, -0.05) is 12.1 Å². The molecule has 255 valence electrons. The molecule has 13 N–H and O–H groups in total. The van der Waals surface area contributed by atoms with Crippen molar-refractivity contribution in [3.63, 3.8) is 0 Å².